The van der Waals surface area contributed by atoms with Crippen LogP contribution in [0.2, 0.25) is 0 Å². The zero-order valence-electron chi connectivity index (χ0n) is 17.3. The molecule has 3 aliphatic rings. The Bertz CT molecular complexity index is 950. The van der Waals surface area contributed by atoms with Crippen LogP contribution in [0.4, 0.5) is 0 Å². The zero-order chi connectivity index (χ0) is 20.9. The molecule has 1 aromatic carbocycles. The number of ether oxygens (including phenoxy) is 1. The Hall–Kier alpha value is -1.77. The molecular weight excluding hydrogens is 390 g/mol. The fraction of sp³-hybridized carbons (Fsp3) is 0.619. The number of sulfonamides is 1. The van der Waals surface area contributed by atoms with Gasteiger partial charge < -0.3 is 4.74 Å². The van der Waals surface area contributed by atoms with Gasteiger partial charge in [-0.05, 0) is 48.8 Å². The molecule has 4 rings (SSSR count). The summed E-state index contributed by atoms with van der Waals surface area (Å²) in [5.74, 6) is 0.214. The Kier molecular flexibility index (Phi) is 5.07. The van der Waals surface area contributed by atoms with Crippen molar-refractivity contribution < 1.29 is 17.9 Å². The van der Waals surface area contributed by atoms with E-state index in [2.05, 4.69) is 31.3 Å². The highest BCUT2D eigenvalue weighted by atomic mass is 32.2. The zero-order valence-corrected chi connectivity index (χ0v) is 18.1. The predicted octanol–water partition coefficient (Wildman–Crippen LogP) is 2.64. The molecule has 0 aromatic heterocycles. The maximum atomic E-state index is 12.8. The van der Waals surface area contributed by atoms with Crippen LogP contribution in [0.5, 0.6) is 0 Å². The summed E-state index contributed by atoms with van der Waals surface area (Å²) >= 11 is 0. The molecule has 158 valence electrons. The van der Waals surface area contributed by atoms with Crippen LogP contribution in [0.25, 0.3) is 0 Å². The minimum absolute atomic E-state index is 0.00642. The highest BCUT2D eigenvalue weighted by Gasteiger charge is 2.60. The van der Waals surface area contributed by atoms with Crippen molar-refractivity contribution in [3.05, 3.63) is 29.8 Å². The Morgan fingerprint density at radius 1 is 1.24 bits per heavy atom. The van der Waals surface area contributed by atoms with Gasteiger partial charge in [0.15, 0.2) is 0 Å². The van der Waals surface area contributed by atoms with Gasteiger partial charge in [0.1, 0.15) is 0 Å². The molecular formula is C21H29N3O4S. The van der Waals surface area contributed by atoms with Gasteiger partial charge in [-0.2, -0.15) is 9.41 Å². The first kappa shape index (κ1) is 20.5. The van der Waals surface area contributed by atoms with Crippen molar-refractivity contribution >= 4 is 21.6 Å². The summed E-state index contributed by atoms with van der Waals surface area (Å²) in [7, 11) is -3.64. The number of hydrazone groups is 1. The van der Waals surface area contributed by atoms with Crippen molar-refractivity contribution in [1.82, 2.24) is 9.73 Å². The molecule has 29 heavy (non-hydrogen) atoms. The summed E-state index contributed by atoms with van der Waals surface area (Å²) < 4.78 is 32.3. The largest absolute Gasteiger partial charge is 0.379 e. The van der Waals surface area contributed by atoms with Gasteiger partial charge in [0.05, 0.1) is 18.1 Å². The van der Waals surface area contributed by atoms with E-state index in [1.165, 1.54) is 22.9 Å². The topological polar surface area (TPSA) is 88.1 Å². The summed E-state index contributed by atoms with van der Waals surface area (Å²) in [6.07, 6.45) is 3.21. The molecule has 0 unspecified atom stereocenters. The SMILES string of the molecule is CC1(C)[C@@H]2CC[C@]1(C)/C(=N/NC(=O)c1cccc(S(=O)(=O)N3CCOCC3)c1)C2. The van der Waals surface area contributed by atoms with Crippen molar-refractivity contribution in [3.8, 4) is 0 Å². The van der Waals surface area contributed by atoms with Gasteiger partial charge in [0, 0.05) is 29.8 Å². The first-order valence-electron chi connectivity index (χ1n) is 10.2. The summed E-state index contributed by atoms with van der Waals surface area (Å²) in [5.41, 5.74) is 4.19. The standard InChI is InChI=1S/C21H29N3O4S/c1-20(2)16-7-8-21(20,3)18(14-16)22-23-19(25)15-5-4-6-17(13-15)29(26,27)24-9-11-28-12-10-24/h4-6,13,16H,7-12,14H2,1-3H3,(H,23,25)/b22-18+/t16-,21-/m1/s1. The lowest BCUT2D eigenvalue weighted by Gasteiger charge is -2.34. The number of carbonyl (C=O) groups is 1. The number of fused-ring (bicyclic) bond motifs is 2. The highest BCUT2D eigenvalue weighted by molar-refractivity contribution is 7.89. The van der Waals surface area contributed by atoms with E-state index >= 15 is 0 Å². The molecule has 0 radical (unpaired) electrons. The first-order chi connectivity index (χ1) is 13.7. The molecule has 2 atom stereocenters. The number of carbonyl (C=O) groups excluding carboxylic acids is 1. The van der Waals surface area contributed by atoms with Crippen LogP contribution >= 0.6 is 0 Å². The quantitative estimate of drug-likeness (QED) is 0.760. The van der Waals surface area contributed by atoms with Crippen molar-refractivity contribution in [2.75, 3.05) is 26.3 Å². The van der Waals surface area contributed by atoms with Crippen LogP contribution in [0.3, 0.4) is 0 Å². The number of nitrogens with one attached hydrogen (secondary N) is 1. The number of benzene rings is 1. The van der Waals surface area contributed by atoms with E-state index in [9.17, 15) is 13.2 Å². The van der Waals surface area contributed by atoms with E-state index in [-0.39, 0.29) is 27.2 Å². The average Bonchev–Trinajstić information content (AvgIpc) is 3.06. The van der Waals surface area contributed by atoms with Gasteiger partial charge in [0.25, 0.3) is 5.91 Å². The van der Waals surface area contributed by atoms with Gasteiger partial charge in [-0.25, -0.2) is 13.8 Å². The smallest absolute Gasteiger partial charge is 0.271 e. The summed E-state index contributed by atoms with van der Waals surface area (Å²) in [4.78, 5) is 12.8. The van der Waals surface area contributed by atoms with Crippen LogP contribution < -0.4 is 5.43 Å². The van der Waals surface area contributed by atoms with E-state index in [1.807, 2.05) is 0 Å². The Labute approximate surface area is 172 Å². The normalized spacial score (nSPS) is 30.6. The van der Waals surface area contributed by atoms with Gasteiger partial charge in [-0.1, -0.05) is 26.8 Å². The van der Waals surface area contributed by atoms with Crippen molar-refractivity contribution in [2.45, 2.75) is 44.9 Å². The third-order valence-electron chi connectivity index (χ3n) is 7.51. The average molecular weight is 420 g/mol. The molecule has 7 nitrogen and oxygen atoms in total. The van der Waals surface area contributed by atoms with Crippen LogP contribution in [0.15, 0.2) is 34.3 Å². The Morgan fingerprint density at radius 2 is 1.97 bits per heavy atom. The van der Waals surface area contributed by atoms with Gasteiger partial charge >= 0.3 is 0 Å². The molecule has 2 bridgehead atoms. The molecule has 2 aliphatic carbocycles. The monoisotopic (exact) mass is 419 g/mol. The number of nitrogens with zero attached hydrogens (tertiary/aromatic N) is 2. The minimum atomic E-state index is -3.64. The molecule has 1 saturated heterocycles. The van der Waals surface area contributed by atoms with Crippen molar-refractivity contribution in [3.63, 3.8) is 0 Å². The van der Waals surface area contributed by atoms with Gasteiger partial charge in [-0.15, -0.1) is 0 Å². The molecule has 2 saturated carbocycles. The molecule has 3 fully saturated rings. The Morgan fingerprint density at radius 3 is 2.59 bits per heavy atom. The van der Waals surface area contributed by atoms with E-state index in [1.54, 1.807) is 12.1 Å². The Balaban J connectivity index is 1.51. The van der Waals surface area contributed by atoms with Gasteiger partial charge in [0.2, 0.25) is 10.0 Å². The minimum Gasteiger partial charge on any atom is -0.379 e. The lowest BCUT2D eigenvalue weighted by molar-refractivity contribution is 0.0730. The van der Waals surface area contributed by atoms with E-state index in [4.69, 9.17) is 4.74 Å². The number of rotatable bonds is 4. The van der Waals surface area contributed by atoms with Crippen molar-refractivity contribution in [2.24, 2.45) is 21.8 Å². The molecule has 1 N–H and O–H groups in total. The number of morpholine rings is 1. The molecule has 1 amide bonds. The fourth-order valence-corrected chi connectivity index (χ4v) is 6.47. The third kappa shape index (κ3) is 3.31. The second-order valence-corrected chi connectivity index (χ2v) is 11.0. The predicted molar refractivity (Wildman–Crippen MR) is 110 cm³/mol. The number of hydrogen-bond acceptors (Lipinski definition) is 5. The van der Waals surface area contributed by atoms with Crippen LogP contribution in [-0.2, 0) is 14.8 Å². The van der Waals surface area contributed by atoms with Crippen LogP contribution in [0.1, 0.15) is 50.4 Å². The summed E-state index contributed by atoms with van der Waals surface area (Å²) in [5, 5.41) is 4.47. The second kappa shape index (κ2) is 7.18. The summed E-state index contributed by atoms with van der Waals surface area (Å²) in [6, 6.07) is 6.15. The third-order valence-corrected chi connectivity index (χ3v) is 9.40. The van der Waals surface area contributed by atoms with Crippen molar-refractivity contribution in [1.29, 1.82) is 0 Å². The lowest BCUT2D eigenvalue weighted by atomic mass is 9.70. The maximum Gasteiger partial charge on any atom is 0.271 e. The maximum absolute atomic E-state index is 12.8. The highest BCUT2D eigenvalue weighted by Crippen LogP contribution is 2.63. The van der Waals surface area contributed by atoms with E-state index < -0.39 is 10.0 Å². The molecule has 1 aliphatic heterocycles. The van der Waals surface area contributed by atoms with Crippen LogP contribution in [-0.4, -0.2) is 50.6 Å². The first-order valence-corrected chi connectivity index (χ1v) is 11.7. The van der Waals surface area contributed by atoms with E-state index in [0.717, 1.165) is 18.6 Å². The fourth-order valence-electron chi connectivity index (χ4n) is 5.01. The second-order valence-electron chi connectivity index (χ2n) is 9.04. The number of amides is 1. The summed E-state index contributed by atoms with van der Waals surface area (Å²) in [6.45, 7) is 8.22. The number of hydrogen-bond donors (Lipinski definition) is 1. The van der Waals surface area contributed by atoms with Crippen LogP contribution in [0, 0.1) is 16.7 Å². The molecule has 1 aromatic rings. The van der Waals surface area contributed by atoms with E-state index in [0.29, 0.717) is 32.2 Å². The molecule has 0 spiro atoms. The lowest BCUT2D eigenvalue weighted by Crippen LogP contribution is -2.40. The van der Waals surface area contributed by atoms with Gasteiger partial charge in [-0.3, -0.25) is 4.79 Å². The molecule has 8 heteroatoms. The molecule has 1 heterocycles.